The lowest BCUT2D eigenvalue weighted by Gasteiger charge is -2.10. The molecule has 0 bridgehead atoms. The van der Waals surface area contributed by atoms with Crippen LogP contribution in [-0.2, 0) is 20.2 Å². The van der Waals surface area contributed by atoms with E-state index in [4.69, 9.17) is 11.5 Å². The molecule has 0 aliphatic carbocycles. The second-order valence-corrected chi connectivity index (χ2v) is 14.2. The maximum atomic E-state index is 11.8. The summed E-state index contributed by atoms with van der Waals surface area (Å²) in [5, 5.41) is 38.7. The zero-order chi connectivity index (χ0) is 36.1. The minimum atomic E-state index is -4.56. The molecule has 0 radical (unpaired) electrons. The maximum Gasteiger partial charge on any atom is 0.295 e. The first kappa shape index (κ1) is 33.9. The quantitative estimate of drug-likeness (QED) is 0.0526. The van der Waals surface area contributed by atoms with Gasteiger partial charge in [-0.05, 0) is 96.8 Å². The van der Waals surface area contributed by atoms with Gasteiger partial charge >= 0.3 is 0 Å². The Morgan fingerprint density at radius 1 is 0.500 bits per heavy atom. The summed E-state index contributed by atoms with van der Waals surface area (Å²) in [5.74, 6) is -0.773. The van der Waals surface area contributed by atoms with E-state index in [9.17, 15) is 36.2 Å². The Balaban J connectivity index is 1.25. The Morgan fingerprint density at radius 2 is 0.840 bits per heavy atom. The fraction of sp³-hybridized carbons (Fsp3) is 0.0588. The highest BCUT2D eigenvalue weighted by atomic mass is 32.2. The minimum absolute atomic E-state index is 0.0232. The summed E-state index contributed by atoms with van der Waals surface area (Å²) in [7, 11) is -9.13. The van der Waals surface area contributed by atoms with Crippen molar-refractivity contribution in [2.45, 2.75) is 23.6 Å². The number of azo groups is 2. The Morgan fingerprint density at radius 3 is 1.18 bits per heavy atom. The van der Waals surface area contributed by atoms with Crippen molar-refractivity contribution >= 4 is 75.9 Å². The van der Waals surface area contributed by atoms with Crippen LogP contribution in [0.2, 0.25) is 0 Å². The molecule has 6 rings (SSSR count). The molecular weight excluding hydrogens is 685 g/mol. The van der Waals surface area contributed by atoms with Gasteiger partial charge in [0.1, 0.15) is 21.2 Å². The molecule has 0 amide bonds. The summed E-state index contributed by atoms with van der Waals surface area (Å²) in [5.41, 5.74) is 16.6. The van der Waals surface area contributed by atoms with E-state index in [2.05, 4.69) is 20.5 Å². The van der Waals surface area contributed by atoms with Crippen molar-refractivity contribution in [1.29, 1.82) is 0 Å². The number of aromatic hydroxyl groups is 2. The van der Waals surface area contributed by atoms with Gasteiger partial charge in [0.15, 0.2) is 11.5 Å². The summed E-state index contributed by atoms with van der Waals surface area (Å²) in [4.78, 5) is -0.792. The number of fused-ring (bicyclic) bond motifs is 2. The van der Waals surface area contributed by atoms with Crippen molar-refractivity contribution in [2.75, 3.05) is 11.5 Å². The van der Waals surface area contributed by atoms with Crippen LogP contribution < -0.4 is 11.5 Å². The summed E-state index contributed by atoms with van der Waals surface area (Å²) < 4.78 is 66.3. The average Bonchev–Trinajstić information content (AvgIpc) is 3.04. The predicted octanol–water partition coefficient (Wildman–Crippen LogP) is 8.18. The number of phenolic OH excluding ortho intramolecular Hbond substituents is 2. The average molecular weight is 713 g/mol. The monoisotopic (exact) mass is 712 g/mol. The molecule has 50 heavy (non-hydrogen) atoms. The molecule has 0 aliphatic rings. The standard InChI is InChI=1S/C34H28N6O8S2/c1-17-15-19(3-9-25(17)37-39-27-11-5-21-29(49(43,44)45)13-7-23(35)31(21)33(27)41)20-4-10-26(18(2)16-20)38-40-28-12-6-22-30(50(46,47)48)14-8-24(36)32(22)34(28)42/h3-16,41-42H,35-36H2,1-2H3,(H,43,44,45)(H,46,47,48). The van der Waals surface area contributed by atoms with Crippen LogP contribution in [0.25, 0.3) is 32.7 Å². The lowest BCUT2D eigenvalue weighted by molar-refractivity contribution is 0.480. The molecule has 0 aromatic heterocycles. The molecule has 0 heterocycles. The van der Waals surface area contributed by atoms with Crippen LogP contribution in [0, 0.1) is 13.8 Å². The van der Waals surface area contributed by atoms with E-state index in [1.165, 1.54) is 36.4 Å². The van der Waals surface area contributed by atoms with Crippen LogP contribution in [0.4, 0.5) is 34.1 Å². The molecule has 14 nitrogen and oxygen atoms in total. The van der Waals surface area contributed by atoms with E-state index in [1.807, 2.05) is 38.1 Å². The van der Waals surface area contributed by atoms with Crippen molar-refractivity contribution in [3.05, 3.63) is 96.1 Å². The molecule has 0 aliphatic heterocycles. The van der Waals surface area contributed by atoms with Gasteiger partial charge in [0.05, 0.1) is 22.1 Å². The van der Waals surface area contributed by atoms with E-state index in [-0.39, 0.29) is 55.8 Å². The van der Waals surface area contributed by atoms with Crippen LogP contribution in [0.1, 0.15) is 11.1 Å². The highest BCUT2D eigenvalue weighted by Crippen LogP contribution is 2.43. The van der Waals surface area contributed by atoms with Gasteiger partial charge in [-0.2, -0.15) is 27.1 Å². The third kappa shape index (κ3) is 6.30. The zero-order valence-electron chi connectivity index (χ0n) is 26.3. The first-order valence-electron chi connectivity index (χ1n) is 14.6. The van der Waals surface area contributed by atoms with Crippen LogP contribution in [0.3, 0.4) is 0 Å². The van der Waals surface area contributed by atoms with Crippen LogP contribution in [0.15, 0.2) is 115 Å². The van der Waals surface area contributed by atoms with E-state index in [0.29, 0.717) is 11.4 Å². The second-order valence-electron chi connectivity index (χ2n) is 11.4. The molecule has 0 atom stereocenters. The molecular formula is C34H28N6O8S2. The number of benzene rings is 6. The van der Waals surface area contributed by atoms with Gasteiger partial charge in [-0.3, -0.25) is 9.11 Å². The second kappa shape index (κ2) is 12.5. The normalized spacial score (nSPS) is 12.5. The highest BCUT2D eigenvalue weighted by molar-refractivity contribution is 7.86. The molecule has 6 aromatic carbocycles. The van der Waals surface area contributed by atoms with Gasteiger partial charge in [0.25, 0.3) is 20.2 Å². The Kier molecular flexibility index (Phi) is 8.49. The lowest BCUT2D eigenvalue weighted by Crippen LogP contribution is -2.00. The van der Waals surface area contributed by atoms with Crippen LogP contribution in [0.5, 0.6) is 11.5 Å². The van der Waals surface area contributed by atoms with Gasteiger partial charge in [-0.15, -0.1) is 10.2 Å². The first-order valence-corrected chi connectivity index (χ1v) is 17.5. The van der Waals surface area contributed by atoms with E-state index < -0.39 is 30.0 Å². The third-order valence-corrected chi connectivity index (χ3v) is 9.89. The predicted molar refractivity (Wildman–Crippen MR) is 189 cm³/mol. The van der Waals surface area contributed by atoms with Crippen molar-refractivity contribution in [2.24, 2.45) is 20.5 Å². The first-order chi connectivity index (χ1) is 23.5. The number of aryl methyl sites for hydroxylation is 2. The molecule has 8 N–H and O–H groups in total. The number of nitrogens with two attached hydrogens (primary N) is 2. The Hall–Kier alpha value is -5.94. The van der Waals surface area contributed by atoms with E-state index >= 15 is 0 Å². The van der Waals surface area contributed by atoms with Gasteiger partial charge in [0, 0.05) is 22.1 Å². The smallest absolute Gasteiger partial charge is 0.295 e. The summed E-state index contributed by atoms with van der Waals surface area (Å²) in [6, 6.07) is 21.3. The maximum absolute atomic E-state index is 11.8. The molecule has 0 spiro atoms. The third-order valence-electron chi connectivity index (χ3n) is 8.06. The molecule has 6 aromatic rings. The number of rotatable bonds is 7. The molecule has 0 unspecified atom stereocenters. The molecule has 0 saturated heterocycles. The topological polar surface area (TPSA) is 251 Å². The number of hydrogen-bond donors (Lipinski definition) is 6. The fourth-order valence-electron chi connectivity index (χ4n) is 5.55. The largest absolute Gasteiger partial charge is 0.505 e. The fourth-order valence-corrected chi connectivity index (χ4v) is 6.93. The summed E-state index contributed by atoms with van der Waals surface area (Å²) >= 11 is 0. The van der Waals surface area contributed by atoms with E-state index in [0.717, 1.165) is 34.4 Å². The highest BCUT2D eigenvalue weighted by Gasteiger charge is 2.20. The SMILES string of the molecule is Cc1cc(-c2ccc(N=Nc3ccc4c(S(=O)(=O)O)ccc(N)c4c3O)c(C)c2)ccc1N=Nc1ccc2c(S(=O)(=O)O)ccc(N)c2c1O. The lowest BCUT2D eigenvalue weighted by atomic mass is 10.0. The molecule has 16 heteroatoms. The number of phenols is 2. The number of nitrogens with zero attached hydrogens (tertiary/aromatic N) is 4. The van der Waals surface area contributed by atoms with Crippen molar-refractivity contribution in [1.82, 2.24) is 0 Å². The zero-order valence-corrected chi connectivity index (χ0v) is 27.9. The van der Waals surface area contributed by atoms with Crippen molar-refractivity contribution in [3.8, 4) is 22.6 Å². The van der Waals surface area contributed by atoms with Crippen LogP contribution in [-0.4, -0.2) is 36.2 Å². The van der Waals surface area contributed by atoms with Gasteiger partial charge < -0.3 is 21.7 Å². The van der Waals surface area contributed by atoms with E-state index in [1.54, 1.807) is 12.1 Å². The molecule has 0 fully saturated rings. The Labute approximate surface area is 285 Å². The van der Waals surface area contributed by atoms with Gasteiger partial charge in [-0.1, -0.05) is 24.3 Å². The Bertz CT molecular complexity index is 2490. The molecule has 254 valence electrons. The van der Waals surface area contributed by atoms with Gasteiger partial charge in [-0.25, -0.2) is 0 Å². The molecule has 0 saturated carbocycles. The summed E-state index contributed by atoms with van der Waals surface area (Å²) in [6.45, 7) is 3.68. The summed E-state index contributed by atoms with van der Waals surface area (Å²) in [6.07, 6.45) is 0. The van der Waals surface area contributed by atoms with Crippen molar-refractivity contribution in [3.63, 3.8) is 0 Å². The number of anilines is 2. The van der Waals surface area contributed by atoms with Crippen molar-refractivity contribution < 1.29 is 36.2 Å². The van der Waals surface area contributed by atoms with Gasteiger partial charge in [0.2, 0.25) is 0 Å². The minimum Gasteiger partial charge on any atom is -0.505 e. The number of hydrogen-bond acceptors (Lipinski definition) is 12. The number of nitrogen functional groups attached to an aromatic ring is 2. The van der Waals surface area contributed by atoms with Crippen LogP contribution >= 0.6 is 0 Å².